The molecular formula is C20H17F3N4O2. The van der Waals surface area contributed by atoms with Crippen LogP contribution in [-0.4, -0.2) is 26.7 Å². The Morgan fingerprint density at radius 2 is 1.93 bits per heavy atom. The molecule has 0 saturated carbocycles. The summed E-state index contributed by atoms with van der Waals surface area (Å²) in [7, 11) is 0. The van der Waals surface area contributed by atoms with Crippen LogP contribution in [0.3, 0.4) is 0 Å². The molecular weight excluding hydrogens is 385 g/mol. The number of aliphatic hydroxyl groups is 1. The highest BCUT2D eigenvalue weighted by molar-refractivity contribution is 5.92. The molecule has 1 amide bonds. The number of amides is 1. The molecule has 9 heteroatoms. The summed E-state index contributed by atoms with van der Waals surface area (Å²) in [6.07, 6.45) is -4.94. The molecule has 150 valence electrons. The number of imidazole rings is 1. The fourth-order valence-electron chi connectivity index (χ4n) is 3.01. The van der Waals surface area contributed by atoms with Gasteiger partial charge in [-0.3, -0.25) is 10.1 Å². The summed E-state index contributed by atoms with van der Waals surface area (Å²) in [6.45, 7) is 0.0584. The maximum Gasteiger partial charge on any atom is 0.406 e. The maximum absolute atomic E-state index is 13.1. The summed E-state index contributed by atoms with van der Waals surface area (Å²) in [5, 5.41) is 22.0. The Bertz CT molecular complexity index is 1080. The van der Waals surface area contributed by atoms with Gasteiger partial charge < -0.3 is 9.67 Å². The van der Waals surface area contributed by atoms with Crippen LogP contribution in [0.4, 0.5) is 19.1 Å². The van der Waals surface area contributed by atoms with Crippen LogP contribution in [0.25, 0.3) is 11.0 Å². The first-order chi connectivity index (χ1) is 13.6. The van der Waals surface area contributed by atoms with E-state index in [4.69, 9.17) is 5.26 Å². The van der Waals surface area contributed by atoms with Crippen molar-refractivity contribution in [3.05, 3.63) is 59.7 Å². The Morgan fingerprint density at radius 3 is 2.55 bits per heavy atom. The first-order valence-corrected chi connectivity index (χ1v) is 8.64. The molecule has 0 aliphatic rings. The molecule has 6 nitrogen and oxygen atoms in total. The molecule has 1 aromatic heterocycles. The molecule has 3 aromatic rings. The van der Waals surface area contributed by atoms with E-state index in [2.05, 4.69) is 10.3 Å². The molecule has 0 radical (unpaired) electrons. The second kappa shape index (κ2) is 7.56. The standard InChI is InChI=1S/C20H17F3N4O2/c1-19(29,14-5-3-2-4-6-14)10-17(28)26-18-25-15-8-7-13(11-24)9-16(15)27(18)12-20(21,22)23/h2-9,29H,10,12H2,1H3,(H,25,26,28). The number of halogens is 3. The quantitative estimate of drug-likeness (QED) is 0.681. The molecule has 0 spiro atoms. The van der Waals surface area contributed by atoms with Gasteiger partial charge in [-0.25, -0.2) is 4.98 Å². The number of nitrogens with zero attached hydrogens (tertiary/aromatic N) is 3. The van der Waals surface area contributed by atoms with Crippen molar-refractivity contribution in [3.63, 3.8) is 0 Å². The Balaban J connectivity index is 1.91. The van der Waals surface area contributed by atoms with Gasteiger partial charge in [0.25, 0.3) is 0 Å². The predicted molar refractivity (Wildman–Crippen MR) is 99.8 cm³/mol. The van der Waals surface area contributed by atoms with E-state index in [1.807, 2.05) is 6.07 Å². The highest BCUT2D eigenvalue weighted by Gasteiger charge is 2.32. The third-order valence-corrected chi connectivity index (χ3v) is 4.37. The number of hydrogen-bond acceptors (Lipinski definition) is 4. The van der Waals surface area contributed by atoms with Crippen LogP contribution in [0.1, 0.15) is 24.5 Å². The second-order valence-corrected chi connectivity index (χ2v) is 6.82. The van der Waals surface area contributed by atoms with Crippen LogP contribution in [0.15, 0.2) is 48.5 Å². The number of carbonyl (C=O) groups is 1. The summed E-state index contributed by atoms with van der Waals surface area (Å²) in [5.41, 5.74) is -0.562. The fraction of sp³-hybridized carbons (Fsp3) is 0.250. The van der Waals surface area contributed by atoms with Gasteiger partial charge in [-0.15, -0.1) is 0 Å². The Kier molecular flexibility index (Phi) is 5.31. The topological polar surface area (TPSA) is 90.9 Å². The maximum atomic E-state index is 13.1. The van der Waals surface area contributed by atoms with Gasteiger partial charge in [-0.05, 0) is 30.7 Å². The first-order valence-electron chi connectivity index (χ1n) is 8.64. The lowest BCUT2D eigenvalue weighted by atomic mass is 9.92. The van der Waals surface area contributed by atoms with Gasteiger partial charge in [0.15, 0.2) is 0 Å². The largest absolute Gasteiger partial charge is 0.406 e. The van der Waals surface area contributed by atoms with Crippen molar-refractivity contribution < 1.29 is 23.1 Å². The highest BCUT2D eigenvalue weighted by Crippen LogP contribution is 2.28. The van der Waals surface area contributed by atoms with Crippen LogP contribution in [0.5, 0.6) is 0 Å². The van der Waals surface area contributed by atoms with E-state index in [0.717, 1.165) is 4.57 Å². The number of anilines is 1. The molecule has 1 atom stereocenters. The molecule has 1 heterocycles. The van der Waals surface area contributed by atoms with Gasteiger partial charge in [0, 0.05) is 0 Å². The smallest absolute Gasteiger partial charge is 0.385 e. The summed E-state index contributed by atoms with van der Waals surface area (Å²) in [5.74, 6) is -1.00. The van der Waals surface area contributed by atoms with E-state index in [9.17, 15) is 23.1 Å². The summed E-state index contributed by atoms with van der Waals surface area (Å²) in [6, 6.07) is 14.5. The Labute approximate surface area is 164 Å². The summed E-state index contributed by atoms with van der Waals surface area (Å²) in [4.78, 5) is 16.5. The number of alkyl halides is 3. The minimum absolute atomic E-state index is 0.0755. The van der Waals surface area contributed by atoms with Crippen LogP contribution in [0, 0.1) is 11.3 Å². The van der Waals surface area contributed by atoms with Gasteiger partial charge in [0.1, 0.15) is 6.54 Å². The predicted octanol–water partition coefficient (Wildman–Crippen LogP) is 3.71. The molecule has 2 aromatic carbocycles. The van der Waals surface area contributed by atoms with Crippen LogP contribution >= 0.6 is 0 Å². The zero-order valence-electron chi connectivity index (χ0n) is 15.4. The molecule has 3 rings (SSSR count). The van der Waals surface area contributed by atoms with E-state index < -0.39 is 24.2 Å². The third-order valence-electron chi connectivity index (χ3n) is 4.37. The summed E-state index contributed by atoms with van der Waals surface area (Å²) < 4.78 is 40.0. The van der Waals surface area contributed by atoms with Crippen molar-refractivity contribution >= 4 is 22.9 Å². The average molecular weight is 402 g/mol. The first kappa shape index (κ1) is 20.4. The number of fused-ring (bicyclic) bond motifs is 1. The lowest BCUT2D eigenvalue weighted by Gasteiger charge is -2.23. The zero-order chi connectivity index (χ0) is 21.2. The molecule has 2 N–H and O–H groups in total. The number of benzene rings is 2. The van der Waals surface area contributed by atoms with Crippen molar-refractivity contribution in [1.29, 1.82) is 5.26 Å². The van der Waals surface area contributed by atoms with Gasteiger partial charge in [0.05, 0.1) is 34.7 Å². The normalized spacial score (nSPS) is 13.7. The van der Waals surface area contributed by atoms with E-state index in [-0.39, 0.29) is 29.0 Å². The Morgan fingerprint density at radius 1 is 1.24 bits per heavy atom. The monoisotopic (exact) mass is 402 g/mol. The molecule has 0 bridgehead atoms. The van der Waals surface area contributed by atoms with E-state index >= 15 is 0 Å². The molecule has 0 aliphatic heterocycles. The van der Waals surface area contributed by atoms with Crippen molar-refractivity contribution in [3.8, 4) is 6.07 Å². The highest BCUT2D eigenvalue weighted by atomic mass is 19.4. The lowest BCUT2D eigenvalue weighted by molar-refractivity contribution is -0.139. The van der Waals surface area contributed by atoms with Gasteiger partial charge in [-0.2, -0.15) is 18.4 Å². The number of nitriles is 1. The second-order valence-electron chi connectivity index (χ2n) is 6.82. The van der Waals surface area contributed by atoms with Gasteiger partial charge in [-0.1, -0.05) is 30.3 Å². The fourth-order valence-corrected chi connectivity index (χ4v) is 3.01. The van der Waals surface area contributed by atoms with E-state index in [1.165, 1.54) is 25.1 Å². The molecule has 1 unspecified atom stereocenters. The number of aromatic nitrogens is 2. The number of nitrogens with one attached hydrogen (secondary N) is 1. The van der Waals surface area contributed by atoms with Gasteiger partial charge >= 0.3 is 6.18 Å². The van der Waals surface area contributed by atoms with Crippen LogP contribution in [-0.2, 0) is 16.9 Å². The van der Waals surface area contributed by atoms with Crippen molar-refractivity contribution in [1.82, 2.24) is 9.55 Å². The minimum Gasteiger partial charge on any atom is -0.385 e. The Hall–Kier alpha value is -3.38. The third kappa shape index (κ3) is 4.73. The SMILES string of the molecule is CC(O)(CC(=O)Nc1nc2ccc(C#N)cc2n1CC(F)(F)F)c1ccccc1. The van der Waals surface area contributed by atoms with Crippen LogP contribution in [0.2, 0.25) is 0 Å². The van der Waals surface area contributed by atoms with Crippen LogP contribution < -0.4 is 5.32 Å². The number of carbonyl (C=O) groups excluding carboxylic acids is 1. The molecule has 0 saturated heterocycles. The molecule has 0 aliphatic carbocycles. The zero-order valence-corrected chi connectivity index (χ0v) is 15.4. The average Bonchev–Trinajstić information content (AvgIpc) is 2.96. The van der Waals surface area contributed by atoms with Crippen molar-refractivity contribution in [2.24, 2.45) is 0 Å². The number of hydrogen-bond donors (Lipinski definition) is 2. The lowest BCUT2D eigenvalue weighted by Crippen LogP contribution is -2.29. The van der Waals surface area contributed by atoms with Gasteiger partial charge in [0.2, 0.25) is 11.9 Å². The number of rotatable bonds is 5. The molecule has 0 fully saturated rings. The van der Waals surface area contributed by atoms with E-state index in [1.54, 1.807) is 30.3 Å². The molecule has 29 heavy (non-hydrogen) atoms. The minimum atomic E-state index is -4.56. The van der Waals surface area contributed by atoms with Crippen molar-refractivity contribution in [2.45, 2.75) is 31.7 Å². The van der Waals surface area contributed by atoms with E-state index in [0.29, 0.717) is 5.56 Å². The van der Waals surface area contributed by atoms with Crippen molar-refractivity contribution in [2.75, 3.05) is 5.32 Å². The summed E-state index contributed by atoms with van der Waals surface area (Å²) >= 11 is 0.